The van der Waals surface area contributed by atoms with E-state index in [0.717, 1.165) is 19.3 Å². The maximum atomic E-state index is 11.5. The molecule has 0 saturated carbocycles. The van der Waals surface area contributed by atoms with Crippen molar-refractivity contribution in [3.8, 4) is 0 Å². The van der Waals surface area contributed by atoms with Gasteiger partial charge in [-0.1, -0.05) is 43.7 Å². The quantitative estimate of drug-likeness (QED) is 0.525. The Balaban J connectivity index is 2.16. The lowest BCUT2D eigenvalue weighted by atomic mass is 10.2. The van der Waals surface area contributed by atoms with Crippen molar-refractivity contribution in [3.63, 3.8) is 0 Å². The topological polar surface area (TPSA) is 35.5 Å². The fourth-order valence-electron chi connectivity index (χ4n) is 1.50. The van der Waals surface area contributed by atoms with Crippen molar-refractivity contribution in [2.45, 2.75) is 39.2 Å². The molecule has 1 aromatic carbocycles. The molecule has 0 amide bonds. The van der Waals surface area contributed by atoms with Crippen molar-refractivity contribution in [1.82, 2.24) is 0 Å². The van der Waals surface area contributed by atoms with Crippen molar-refractivity contribution < 1.29 is 14.3 Å². The second-order valence-corrected chi connectivity index (χ2v) is 4.27. The van der Waals surface area contributed by atoms with Gasteiger partial charge in [0, 0.05) is 0 Å². The van der Waals surface area contributed by atoms with Crippen molar-refractivity contribution >= 4 is 5.97 Å². The molecule has 0 heterocycles. The first-order valence-corrected chi connectivity index (χ1v) is 6.56. The molecule has 0 bridgehead atoms. The van der Waals surface area contributed by atoms with Gasteiger partial charge < -0.3 is 9.47 Å². The van der Waals surface area contributed by atoms with Crippen LogP contribution in [-0.4, -0.2) is 25.3 Å². The third kappa shape index (κ3) is 5.82. The first-order chi connectivity index (χ1) is 8.74. The molecule has 0 radical (unpaired) electrons. The van der Waals surface area contributed by atoms with Gasteiger partial charge in [-0.15, -0.1) is 0 Å². The van der Waals surface area contributed by atoms with Crippen LogP contribution in [0.1, 0.15) is 32.3 Å². The number of carbonyl (C=O) groups excluding carboxylic acids is 1. The van der Waals surface area contributed by atoms with Crippen molar-refractivity contribution in [3.05, 3.63) is 35.9 Å². The van der Waals surface area contributed by atoms with Crippen LogP contribution in [0.3, 0.4) is 0 Å². The number of esters is 1. The smallest absolute Gasteiger partial charge is 0.334 e. The Morgan fingerprint density at radius 1 is 1.22 bits per heavy atom. The molecule has 0 saturated heterocycles. The minimum Gasteiger partial charge on any atom is -0.464 e. The zero-order valence-corrected chi connectivity index (χ0v) is 11.2. The van der Waals surface area contributed by atoms with Crippen molar-refractivity contribution in [2.24, 2.45) is 0 Å². The van der Waals surface area contributed by atoms with Crippen LogP contribution in [0.25, 0.3) is 0 Å². The van der Waals surface area contributed by atoms with E-state index in [1.807, 2.05) is 30.3 Å². The first kappa shape index (κ1) is 14.7. The van der Waals surface area contributed by atoms with Crippen molar-refractivity contribution in [2.75, 3.05) is 13.2 Å². The lowest BCUT2D eigenvalue weighted by Crippen LogP contribution is -2.24. The molecule has 3 nitrogen and oxygen atoms in total. The summed E-state index contributed by atoms with van der Waals surface area (Å²) in [5.41, 5.74) is 1.21. The SMILES string of the molecule is CCCCOC(=O)C(C)OCCc1ccccc1. The summed E-state index contributed by atoms with van der Waals surface area (Å²) in [7, 11) is 0. The third-order valence-electron chi connectivity index (χ3n) is 2.68. The van der Waals surface area contributed by atoms with Crippen LogP contribution in [0.15, 0.2) is 30.3 Å². The van der Waals surface area contributed by atoms with Gasteiger partial charge >= 0.3 is 5.97 Å². The predicted octanol–water partition coefficient (Wildman–Crippen LogP) is 2.98. The van der Waals surface area contributed by atoms with E-state index in [1.165, 1.54) is 5.56 Å². The van der Waals surface area contributed by atoms with Crippen LogP contribution in [0, 0.1) is 0 Å². The summed E-state index contributed by atoms with van der Waals surface area (Å²) in [6.07, 6.45) is 2.26. The van der Waals surface area contributed by atoms with E-state index in [-0.39, 0.29) is 5.97 Å². The highest BCUT2D eigenvalue weighted by molar-refractivity contribution is 5.74. The zero-order valence-electron chi connectivity index (χ0n) is 11.2. The summed E-state index contributed by atoms with van der Waals surface area (Å²) in [5.74, 6) is -0.267. The summed E-state index contributed by atoms with van der Waals surface area (Å²) in [5, 5.41) is 0. The van der Waals surface area contributed by atoms with Gasteiger partial charge in [0.05, 0.1) is 13.2 Å². The number of carbonyl (C=O) groups is 1. The maximum Gasteiger partial charge on any atom is 0.334 e. The molecule has 3 heteroatoms. The number of hydrogen-bond acceptors (Lipinski definition) is 3. The van der Waals surface area contributed by atoms with Crippen LogP contribution in [0.2, 0.25) is 0 Å². The summed E-state index contributed by atoms with van der Waals surface area (Å²) in [4.78, 5) is 11.5. The van der Waals surface area contributed by atoms with Gasteiger partial charge in [0.15, 0.2) is 6.10 Å². The highest BCUT2D eigenvalue weighted by Crippen LogP contribution is 2.02. The molecule has 0 aliphatic rings. The van der Waals surface area contributed by atoms with Crippen LogP contribution in [0.4, 0.5) is 0 Å². The highest BCUT2D eigenvalue weighted by Gasteiger charge is 2.14. The van der Waals surface area contributed by atoms with Gasteiger partial charge in [0.25, 0.3) is 0 Å². The van der Waals surface area contributed by atoms with Crippen LogP contribution < -0.4 is 0 Å². The molecule has 0 aromatic heterocycles. The first-order valence-electron chi connectivity index (χ1n) is 6.56. The Bertz CT molecular complexity index is 335. The molecule has 0 N–H and O–H groups in total. The average molecular weight is 250 g/mol. The molecule has 100 valence electrons. The standard InChI is InChI=1S/C15H22O3/c1-3-4-11-18-15(16)13(2)17-12-10-14-8-6-5-7-9-14/h5-9,13H,3-4,10-12H2,1-2H3. The lowest BCUT2D eigenvalue weighted by Gasteiger charge is -2.12. The minimum absolute atomic E-state index is 0.267. The van der Waals surface area contributed by atoms with Gasteiger partial charge in [-0.3, -0.25) is 0 Å². The monoisotopic (exact) mass is 250 g/mol. The molecular formula is C15H22O3. The maximum absolute atomic E-state index is 11.5. The number of ether oxygens (including phenoxy) is 2. The molecule has 1 unspecified atom stereocenters. The molecule has 1 aromatic rings. The van der Waals surface area contributed by atoms with E-state index in [0.29, 0.717) is 13.2 Å². The molecular weight excluding hydrogens is 228 g/mol. The Kier molecular flexibility index (Phi) is 7.11. The minimum atomic E-state index is -0.481. The Morgan fingerprint density at radius 3 is 2.61 bits per heavy atom. The summed E-state index contributed by atoms with van der Waals surface area (Å²) < 4.78 is 10.5. The molecule has 0 aliphatic heterocycles. The van der Waals surface area contributed by atoms with Gasteiger partial charge in [-0.05, 0) is 25.3 Å². The second kappa shape index (κ2) is 8.70. The molecule has 0 spiro atoms. The predicted molar refractivity (Wildman–Crippen MR) is 71.4 cm³/mol. The normalized spacial score (nSPS) is 12.1. The van der Waals surface area contributed by atoms with Crippen LogP contribution >= 0.6 is 0 Å². The summed E-state index contributed by atoms with van der Waals surface area (Å²) in [6, 6.07) is 10.1. The second-order valence-electron chi connectivity index (χ2n) is 4.27. The third-order valence-corrected chi connectivity index (χ3v) is 2.68. The van der Waals surface area contributed by atoms with E-state index >= 15 is 0 Å². The van der Waals surface area contributed by atoms with E-state index in [9.17, 15) is 4.79 Å². The fraction of sp³-hybridized carbons (Fsp3) is 0.533. The average Bonchev–Trinajstić information content (AvgIpc) is 2.40. The largest absolute Gasteiger partial charge is 0.464 e. The number of rotatable bonds is 8. The summed E-state index contributed by atoms with van der Waals surface area (Å²) >= 11 is 0. The molecule has 1 rings (SSSR count). The van der Waals surface area contributed by atoms with Gasteiger partial charge in [-0.25, -0.2) is 4.79 Å². The molecule has 0 fully saturated rings. The fourth-order valence-corrected chi connectivity index (χ4v) is 1.50. The van der Waals surface area contributed by atoms with E-state index in [2.05, 4.69) is 6.92 Å². The number of hydrogen-bond donors (Lipinski definition) is 0. The Labute approximate surface area is 109 Å². The van der Waals surface area contributed by atoms with E-state index in [1.54, 1.807) is 6.92 Å². The Hall–Kier alpha value is -1.35. The number of benzene rings is 1. The molecule has 0 aliphatic carbocycles. The van der Waals surface area contributed by atoms with Crippen LogP contribution in [0.5, 0.6) is 0 Å². The van der Waals surface area contributed by atoms with E-state index < -0.39 is 6.10 Å². The molecule has 1 atom stereocenters. The zero-order chi connectivity index (χ0) is 13.2. The Morgan fingerprint density at radius 2 is 1.94 bits per heavy atom. The van der Waals surface area contributed by atoms with Crippen LogP contribution in [-0.2, 0) is 20.7 Å². The number of unbranched alkanes of at least 4 members (excludes halogenated alkanes) is 1. The summed E-state index contributed by atoms with van der Waals surface area (Å²) in [6.45, 7) is 4.82. The molecule has 18 heavy (non-hydrogen) atoms. The van der Waals surface area contributed by atoms with Crippen molar-refractivity contribution in [1.29, 1.82) is 0 Å². The lowest BCUT2D eigenvalue weighted by molar-refractivity contribution is -0.156. The van der Waals surface area contributed by atoms with Gasteiger partial charge in [-0.2, -0.15) is 0 Å². The van der Waals surface area contributed by atoms with Gasteiger partial charge in [0.1, 0.15) is 0 Å². The van der Waals surface area contributed by atoms with Gasteiger partial charge in [0.2, 0.25) is 0 Å². The van der Waals surface area contributed by atoms with E-state index in [4.69, 9.17) is 9.47 Å². The highest BCUT2D eigenvalue weighted by atomic mass is 16.6.